The van der Waals surface area contributed by atoms with Gasteiger partial charge in [-0.2, -0.15) is 10.2 Å². The van der Waals surface area contributed by atoms with E-state index < -0.39 is 17.1 Å². The summed E-state index contributed by atoms with van der Waals surface area (Å²) in [5.41, 5.74) is 2.77. The number of hydrogen-bond donors (Lipinski definition) is 2. The number of rotatable bonds is 4. The van der Waals surface area contributed by atoms with Crippen LogP contribution in [-0.4, -0.2) is 50.4 Å². The minimum Gasteiger partial charge on any atom is -0.507 e. The third-order valence-corrected chi connectivity index (χ3v) is 4.42. The number of para-hydroxylation sites is 1. The van der Waals surface area contributed by atoms with Crippen LogP contribution >= 0.6 is 0 Å². The smallest absolute Gasteiger partial charge is 0.307 e. The summed E-state index contributed by atoms with van der Waals surface area (Å²) in [6, 6.07) is 5.75. The highest BCUT2D eigenvalue weighted by Gasteiger charge is 2.43. The molecule has 0 saturated carbocycles. The van der Waals surface area contributed by atoms with Crippen LogP contribution in [0.25, 0.3) is 0 Å². The molecule has 2 aliphatic heterocycles. The van der Waals surface area contributed by atoms with E-state index in [0.717, 1.165) is 0 Å². The van der Waals surface area contributed by atoms with Crippen LogP contribution < -0.4 is 5.43 Å². The number of phenolic OH excluding ortho intramolecular Hbond substituents is 1. The van der Waals surface area contributed by atoms with E-state index in [2.05, 4.69) is 15.6 Å². The largest absolute Gasteiger partial charge is 0.507 e. The molecule has 0 spiro atoms. The Balaban J connectivity index is 1.52. The molecular formula is C16H15N5O6. The molecule has 140 valence electrons. The number of phenols is 1. The minimum absolute atomic E-state index is 0.0862. The van der Waals surface area contributed by atoms with E-state index >= 15 is 0 Å². The molecule has 0 aliphatic carbocycles. The second-order valence-corrected chi connectivity index (χ2v) is 6.11. The number of aromatic hydroxyl groups is 1. The van der Waals surface area contributed by atoms with Crippen molar-refractivity contribution in [3.05, 3.63) is 52.3 Å². The summed E-state index contributed by atoms with van der Waals surface area (Å²) in [5.74, 6) is -0.735. The second kappa shape index (κ2) is 6.78. The summed E-state index contributed by atoms with van der Waals surface area (Å²) >= 11 is 0. The lowest BCUT2D eigenvalue weighted by atomic mass is 10.0. The summed E-state index contributed by atoms with van der Waals surface area (Å²) in [5, 5.41) is 28.7. The Kier molecular flexibility index (Phi) is 4.30. The standard InChI is InChI=1S/C16H15N5O6/c22-13-4-2-1-3-10(13)15(23)19-18-11-5-12(14-8-26-16(11)27-14)20-7-9(6-17-20)21(24)25/h1-4,6-7,12,14,16,22H,5,8H2,(H,19,23)/b18-11+/t12-,14+,16-/m0/s1. The molecule has 2 aromatic rings. The van der Waals surface area contributed by atoms with Gasteiger partial charge < -0.3 is 14.6 Å². The number of aromatic nitrogens is 2. The monoisotopic (exact) mass is 373 g/mol. The van der Waals surface area contributed by atoms with Gasteiger partial charge in [0.25, 0.3) is 5.91 Å². The van der Waals surface area contributed by atoms with E-state index in [1.165, 1.54) is 29.2 Å². The van der Waals surface area contributed by atoms with Crippen molar-refractivity contribution >= 4 is 17.3 Å². The van der Waals surface area contributed by atoms with Gasteiger partial charge in [0.05, 0.1) is 28.8 Å². The number of nitrogens with zero attached hydrogens (tertiary/aromatic N) is 4. The zero-order valence-corrected chi connectivity index (χ0v) is 13.9. The quantitative estimate of drug-likeness (QED) is 0.601. The lowest BCUT2D eigenvalue weighted by Gasteiger charge is -2.28. The second-order valence-electron chi connectivity index (χ2n) is 6.11. The topological polar surface area (TPSA) is 141 Å². The predicted molar refractivity (Wildman–Crippen MR) is 90.2 cm³/mol. The van der Waals surface area contributed by atoms with E-state index in [9.17, 15) is 20.0 Å². The van der Waals surface area contributed by atoms with Crippen molar-refractivity contribution in [2.75, 3.05) is 6.61 Å². The van der Waals surface area contributed by atoms with Gasteiger partial charge in [0.15, 0.2) is 6.29 Å². The van der Waals surface area contributed by atoms with Gasteiger partial charge in [-0.3, -0.25) is 19.6 Å². The molecule has 1 amide bonds. The number of amides is 1. The first-order chi connectivity index (χ1) is 13.0. The predicted octanol–water partition coefficient (Wildman–Crippen LogP) is 0.969. The fourth-order valence-corrected chi connectivity index (χ4v) is 3.05. The summed E-state index contributed by atoms with van der Waals surface area (Å²) in [6.45, 7) is 0.287. The highest BCUT2D eigenvalue weighted by molar-refractivity contribution is 5.98. The number of hydrogen-bond acceptors (Lipinski definition) is 8. The van der Waals surface area contributed by atoms with Crippen LogP contribution in [0.4, 0.5) is 5.69 Å². The van der Waals surface area contributed by atoms with E-state index in [1.54, 1.807) is 12.1 Å². The van der Waals surface area contributed by atoms with Crippen LogP contribution in [0.15, 0.2) is 41.8 Å². The maximum absolute atomic E-state index is 12.2. The first-order valence-corrected chi connectivity index (χ1v) is 8.13. The Bertz CT molecular complexity index is 926. The normalized spacial score (nSPS) is 25.5. The molecule has 0 radical (unpaired) electrons. The Hall–Kier alpha value is -3.31. The summed E-state index contributed by atoms with van der Waals surface area (Å²) in [6.07, 6.45) is 1.82. The van der Waals surface area contributed by atoms with Gasteiger partial charge >= 0.3 is 5.69 Å². The number of nitrogens with one attached hydrogen (secondary N) is 1. The molecule has 3 heterocycles. The van der Waals surface area contributed by atoms with Crippen molar-refractivity contribution in [1.29, 1.82) is 0 Å². The van der Waals surface area contributed by atoms with Crippen LogP contribution in [0.5, 0.6) is 5.75 Å². The molecule has 1 aromatic carbocycles. The fourth-order valence-electron chi connectivity index (χ4n) is 3.05. The van der Waals surface area contributed by atoms with Crippen molar-refractivity contribution in [2.24, 2.45) is 5.10 Å². The van der Waals surface area contributed by atoms with Crippen molar-refractivity contribution in [3.8, 4) is 5.75 Å². The van der Waals surface area contributed by atoms with Gasteiger partial charge in [0, 0.05) is 6.42 Å². The molecule has 2 aliphatic rings. The molecule has 27 heavy (non-hydrogen) atoms. The Morgan fingerprint density at radius 1 is 1.44 bits per heavy atom. The summed E-state index contributed by atoms with van der Waals surface area (Å²) < 4.78 is 12.7. The van der Waals surface area contributed by atoms with Gasteiger partial charge in [0.2, 0.25) is 0 Å². The highest BCUT2D eigenvalue weighted by Crippen LogP contribution is 2.33. The van der Waals surface area contributed by atoms with Crippen LogP contribution in [0.2, 0.25) is 0 Å². The zero-order chi connectivity index (χ0) is 19.0. The maximum Gasteiger partial charge on any atom is 0.307 e. The van der Waals surface area contributed by atoms with Gasteiger partial charge in [0.1, 0.15) is 24.2 Å². The molecule has 2 saturated heterocycles. The molecule has 11 heteroatoms. The van der Waals surface area contributed by atoms with E-state index in [4.69, 9.17) is 9.47 Å². The Morgan fingerprint density at radius 3 is 3.00 bits per heavy atom. The van der Waals surface area contributed by atoms with Gasteiger partial charge in [-0.1, -0.05) is 12.1 Å². The Morgan fingerprint density at radius 2 is 2.26 bits per heavy atom. The third-order valence-electron chi connectivity index (χ3n) is 4.42. The number of carbonyl (C=O) groups excluding carboxylic acids is 1. The average Bonchev–Trinajstić information content (AvgIpc) is 3.30. The van der Waals surface area contributed by atoms with Gasteiger partial charge in [-0.25, -0.2) is 5.43 Å². The first-order valence-electron chi connectivity index (χ1n) is 8.13. The molecule has 2 fully saturated rings. The molecule has 1 aromatic heterocycles. The number of carbonyl (C=O) groups is 1. The molecular weight excluding hydrogens is 358 g/mol. The van der Waals surface area contributed by atoms with Crippen molar-refractivity contribution in [1.82, 2.24) is 15.2 Å². The van der Waals surface area contributed by atoms with Gasteiger partial charge in [-0.15, -0.1) is 0 Å². The zero-order valence-electron chi connectivity index (χ0n) is 13.9. The fraction of sp³-hybridized carbons (Fsp3) is 0.312. The third kappa shape index (κ3) is 3.25. The van der Waals surface area contributed by atoms with Crippen molar-refractivity contribution in [3.63, 3.8) is 0 Å². The molecule has 2 bridgehead atoms. The first kappa shape index (κ1) is 17.1. The lowest BCUT2D eigenvalue weighted by molar-refractivity contribution is -0.385. The van der Waals surface area contributed by atoms with Crippen LogP contribution in [0, 0.1) is 10.1 Å². The van der Waals surface area contributed by atoms with Crippen molar-refractivity contribution < 1.29 is 24.3 Å². The van der Waals surface area contributed by atoms with Crippen LogP contribution in [-0.2, 0) is 9.47 Å². The summed E-state index contributed by atoms with van der Waals surface area (Å²) in [4.78, 5) is 22.5. The maximum atomic E-state index is 12.2. The molecule has 11 nitrogen and oxygen atoms in total. The van der Waals surface area contributed by atoms with E-state index in [0.29, 0.717) is 12.1 Å². The lowest BCUT2D eigenvalue weighted by Crippen LogP contribution is -2.38. The summed E-state index contributed by atoms with van der Waals surface area (Å²) in [7, 11) is 0. The van der Waals surface area contributed by atoms with Crippen LogP contribution in [0.3, 0.4) is 0 Å². The molecule has 3 atom stereocenters. The average molecular weight is 373 g/mol. The number of ether oxygens (including phenoxy) is 2. The number of nitro groups is 1. The van der Waals surface area contributed by atoms with Crippen molar-refractivity contribution in [2.45, 2.75) is 24.9 Å². The molecule has 2 N–H and O–H groups in total. The molecule has 4 rings (SSSR count). The van der Waals surface area contributed by atoms with E-state index in [-0.39, 0.29) is 35.8 Å². The number of fused-ring (bicyclic) bond motifs is 2. The Labute approximate surface area is 152 Å². The number of hydrazone groups is 1. The van der Waals surface area contributed by atoms with E-state index in [1.807, 2.05) is 0 Å². The number of benzene rings is 1. The minimum atomic E-state index is -0.693. The SMILES string of the molecule is O=C(N/N=C1\C[C@H](n2cc([N+](=O)[O-])cn2)[C@H]2CO[C@H]1O2)c1ccccc1O. The van der Waals surface area contributed by atoms with Gasteiger partial charge in [-0.05, 0) is 12.1 Å². The highest BCUT2D eigenvalue weighted by atomic mass is 16.7. The molecule has 0 unspecified atom stereocenters. The van der Waals surface area contributed by atoms with Crippen LogP contribution in [0.1, 0.15) is 22.8 Å².